The molecule has 0 unspecified atom stereocenters. The van der Waals surface area contributed by atoms with Gasteiger partial charge in [0, 0.05) is 57.8 Å². The first kappa shape index (κ1) is 28.2. The molecule has 0 spiro atoms. The van der Waals surface area contributed by atoms with Crippen LogP contribution in [0.25, 0.3) is 0 Å². The highest BCUT2D eigenvalue weighted by Gasteiger charge is 1.99. The molecular formula is C38H36N2. The summed E-state index contributed by atoms with van der Waals surface area (Å²) in [6.07, 6.45) is 4.70. The Labute approximate surface area is 240 Å². The lowest BCUT2D eigenvalue weighted by atomic mass is 10.0. The fraction of sp³-hybridized carbons (Fsp3) is 0.211. The molecule has 0 aliphatic heterocycles. The van der Waals surface area contributed by atoms with Crippen molar-refractivity contribution in [3.05, 3.63) is 130 Å². The number of unbranched alkanes of at least 4 members (excludes halogenated alkanes) is 2. The van der Waals surface area contributed by atoms with E-state index in [-0.39, 0.29) is 0 Å². The summed E-state index contributed by atoms with van der Waals surface area (Å²) in [6.45, 7) is 6.38. The molecule has 40 heavy (non-hydrogen) atoms. The van der Waals surface area contributed by atoms with Gasteiger partial charge in [0.25, 0.3) is 0 Å². The van der Waals surface area contributed by atoms with Crippen molar-refractivity contribution in [1.29, 1.82) is 0 Å². The number of hydrogen-bond acceptors (Lipinski definition) is 2. The lowest BCUT2D eigenvalue weighted by Crippen LogP contribution is -2.00. The smallest absolute Gasteiger partial charge is 0.0405 e. The molecule has 2 N–H and O–H groups in total. The molecule has 0 aliphatic rings. The Balaban J connectivity index is 1.48. The van der Waals surface area contributed by atoms with Crippen molar-refractivity contribution in [2.75, 3.05) is 23.7 Å². The van der Waals surface area contributed by atoms with E-state index in [4.69, 9.17) is 0 Å². The first-order valence-corrected chi connectivity index (χ1v) is 14.2. The quantitative estimate of drug-likeness (QED) is 0.180. The predicted octanol–water partition coefficient (Wildman–Crippen LogP) is 8.31. The van der Waals surface area contributed by atoms with Crippen LogP contribution in [0.3, 0.4) is 0 Å². The first-order chi connectivity index (χ1) is 19.7. The van der Waals surface area contributed by atoms with Crippen molar-refractivity contribution in [3.63, 3.8) is 0 Å². The zero-order chi connectivity index (χ0) is 27.8. The molecule has 0 heterocycles. The topological polar surface area (TPSA) is 24.1 Å². The number of hydrogen-bond donors (Lipinski definition) is 2. The lowest BCUT2D eigenvalue weighted by Gasteiger charge is -2.04. The fourth-order valence-electron chi connectivity index (χ4n) is 3.98. The van der Waals surface area contributed by atoms with E-state index in [9.17, 15) is 0 Å². The van der Waals surface area contributed by atoms with Crippen molar-refractivity contribution in [1.82, 2.24) is 0 Å². The van der Waals surface area contributed by atoms with Crippen LogP contribution in [0.15, 0.2) is 97.1 Å². The molecule has 0 atom stereocenters. The zero-order valence-corrected chi connectivity index (χ0v) is 23.5. The maximum absolute atomic E-state index is 3.44. The molecule has 4 aromatic carbocycles. The summed E-state index contributed by atoms with van der Waals surface area (Å²) in [5, 5.41) is 6.89. The summed E-state index contributed by atoms with van der Waals surface area (Å²) >= 11 is 0. The summed E-state index contributed by atoms with van der Waals surface area (Å²) in [4.78, 5) is 0. The van der Waals surface area contributed by atoms with Gasteiger partial charge in [-0.15, -0.1) is 0 Å². The Hall–Kier alpha value is -4.84. The molecule has 0 fully saturated rings. The third kappa shape index (κ3) is 8.88. The average Bonchev–Trinajstić information content (AvgIpc) is 3.00. The zero-order valence-electron chi connectivity index (χ0n) is 23.5. The molecule has 0 radical (unpaired) electrons. The minimum Gasteiger partial charge on any atom is -0.385 e. The summed E-state index contributed by atoms with van der Waals surface area (Å²) in [5.74, 6) is 19.9. The third-order valence-corrected chi connectivity index (χ3v) is 6.36. The predicted molar refractivity (Wildman–Crippen MR) is 171 cm³/mol. The van der Waals surface area contributed by atoms with Crippen LogP contribution in [0.5, 0.6) is 0 Å². The van der Waals surface area contributed by atoms with E-state index in [0.717, 1.165) is 57.8 Å². The van der Waals surface area contributed by atoms with Gasteiger partial charge in [-0.25, -0.2) is 0 Å². The molecule has 0 bridgehead atoms. The molecule has 2 heteroatoms. The summed E-state index contributed by atoms with van der Waals surface area (Å²) < 4.78 is 0. The van der Waals surface area contributed by atoms with E-state index in [2.05, 4.69) is 109 Å². The second-order valence-electron chi connectivity index (χ2n) is 9.56. The van der Waals surface area contributed by atoms with Crippen LogP contribution in [-0.4, -0.2) is 13.1 Å². The SMILES string of the molecule is CCCCNc1ccc(C#Cc2ccccc2C#Cc2ccccc2C#Cc2ccc(NCCCC)cc2)cc1. The van der Waals surface area contributed by atoms with Crippen LogP contribution in [0.4, 0.5) is 11.4 Å². The first-order valence-electron chi connectivity index (χ1n) is 14.2. The van der Waals surface area contributed by atoms with Gasteiger partial charge in [-0.3, -0.25) is 0 Å². The Morgan fingerprint density at radius 2 is 0.750 bits per heavy atom. The molecule has 0 saturated heterocycles. The Morgan fingerprint density at radius 1 is 0.425 bits per heavy atom. The Kier molecular flexibility index (Phi) is 10.9. The van der Waals surface area contributed by atoms with E-state index in [1.807, 2.05) is 48.5 Å². The molecule has 198 valence electrons. The van der Waals surface area contributed by atoms with Crippen LogP contribution < -0.4 is 10.6 Å². The van der Waals surface area contributed by atoms with E-state index in [1.54, 1.807) is 0 Å². The van der Waals surface area contributed by atoms with Gasteiger partial charge in [0.1, 0.15) is 0 Å². The number of nitrogens with one attached hydrogen (secondary N) is 2. The van der Waals surface area contributed by atoms with Crippen molar-refractivity contribution in [2.45, 2.75) is 39.5 Å². The van der Waals surface area contributed by atoms with Crippen molar-refractivity contribution in [2.24, 2.45) is 0 Å². The Morgan fingerprint density at radius 3 is 1.07 bits per heavy atom. The van der Waals surface area contributed by atoms with Crippen LogP contribution in [0, 0.1) is 35.5 Å². The Bertz CT molecular complexity index is 1440. The molecule has 2 nitrogen and oxygen atoms in total. The molecular weight excluding hydrogens is 484 g/mol. The summed E-state index contributed by atoms with van der Waals surface area (Å²) in [7, 11) is 0. The standard InChI is InChI=1S/C38H36N2/c1-3-5-29-39-37-25-17-31(18-26-37)15-21-33-11-7-9-13-35(33)23-24-36-14-10-8-12-34(36)22-16-32-19-27-38(28-20-32)40-30-6-4-2/h7-14,17-20,25-28,39-40H,3-6,29-30H2,1-2H3. The van der Waals surface area contributed by atoms with Gasteiger partial charge < -0.3 is 10.6 Å². The van der Waals surface area contributed by atoms with E-state index in [0.29, 0.717) is 0 Å². The van der Waals surface area contributed by atoms with Crippen molar-refractivity contribution < 1.29 is 0 Å². The van der Waals surface area contributed by atoms with Crippen LogP contribution >= 0.6 is 0 Å². The van der Waals surface area contributed by atoms with E-state index in [1.165, 1.54) is 25.7 Å². The maximum atomic E-state index is 3.44. The van der Waals surface area contributed by atoms with Gasteiger partial charge in [-0.05, 0) is 85.6 Å². The average molecular weight is 521 g/mol. The lowest BCUT2D eigenvalue weighted by molar-refractivity contribution is 0.834. The van der Waals surface area contributed by atoms with E-state index >= 15 is 0 Å². The second-order valence-corrected chi connectivity index (χ2v) is 9.56. The molecule has 0 aromatic heterocycles. The van der Waals surface area contributed by atoms with Crippen LogP contribution in [0.2, 0.25) is 0 Å². The van der Waals surface area contributed by atoms with Crippen LogP contribution in [0.1, 0.15) is 72.9 Å². The fourth-order valence-corrected chi connectivity index (χ4v) is 3.98. The number of rotatable bonds is 8. The maximum Gasteiger partial charge on any atom is 0.0405 e. The molecule has 0 saturated carbocycles. The minimum atomic E-state index is 0.904. The van der Waals surface area contributed by atoms with Gasteiger partial charge >= 0.3 is 0 Å². The second kappa shape index (κ2) is 15.5. The summed E-state index contributed by atoms with van der Waals surface area (Å²) in [5.41, 5.74) is 7.85. The molecule has 0 amide bonds. The monoisotopic (exact) mass is 520 g/mol. The molecule has 4 rings (SSSR count). The highest BCUT2D eigenvalue weighted by molar-refractivity contribution is 5.59. The van der Waals surface area contributed by atoms with Crippen molar-refractivity contribution >= 4 is 11.4 Å². The minimum absolute atomic E-state index is 0.904. The number of benzene rings is 4. The largest absolute Gasteiger partial charge is 0.385 e. The highest BCUT2D eigenvalue weighted by atomic mass is 14.9. The van der Waals surface area contributed by atoms with Gasteiger partial charge in [-0.1, -0.05) is 86.5 Å². The van der Waals surface area contributed by atoms with Crippen LogP contribution in [-0.2, 0) is 0 Å². The summed E-state index contributed by atoms with van der Waals surface area (Å²) in [6, 6.07) is 32.6. The third-order valence-electron chi connectivity index (χ3n) is 6.36. The normalized spacial score (nSPS) is 9.75. The van der Waals surface area contributed by atoms with Gasteiger partial charge in [0.15, 0.2) is 0 Å². The van der Waals surface area contributed by atoms with Crippen molar-refractivity contribution in [3.8, 4) is 35.5 Å². The van der Waals surface area contributed by atoms with Gasteiger partial charge in [-0.2, -0.15) is 0 Å². The molecule has 4 aromatic rings. The van der Waals surface area contributed by atoms with Gasteiger partial charge in [0.05, 0.1) is 0 Å². The number of anilines is 2. The van der Waals surface area contributed by atoms with Gasteiger partial charge in [0.2, 0.25) is 0 Å². The highest BCUT2D eigenvalue weighted by Crippen LogP contribution is 2.13. The molecule has 0 aliphatic carbocycles. The van der Waals surface area contributed by atoms with E-state index < -0.39 is 0 Å².